The van der Waals surface area contributed by atoms with Crippen LogP contribution in [0.3, 0.4) is 0 Å². The minimum absolute atomic E-state index is 0.0561. The van der Waals surface area contributed by atoms with Crippen molar-refractivity contribution in [1.29, 1.82) is 0 Å². The first kappa shape index (κ1) is 21.4. The monoisotopic (exact) mass is 443 g/mol. The number of benzene rings is 2. The van der Waals surface area contributed by atoms with Crippen LogP contribution in [0.5, 0.6) is 0 Å². The van der Waals surface area contributed by atoms with Gasteiger partial charge >= 0.3 is 0 Å². The van der Waals surface area contributed by atoms with Crippen LogP contribution in [0.1, 0.15) is 56.3 Å². The van der Waals surface area contributed by atoms with Gasteiger partial charge in [-0.25, -0.2) is 0 Å². The lowest BCUT2D eigenvalue weighted by Gasteiger charge is -2.16. The normalized spacial score (nSPS) is 15.0. The molecule has 4 aromatic rings. The van der Waals surface area contributed by atoms with E-state index >= 15 is 0 Å². The Morgan fingerprint density at radius 2 is 1.67 bits per heavy atom. The van der Waals surface area contributed by atoms with E-state index in [1.807, 2.05) is 59.0 Å². The van der Waals surface area contributed by atoms with E-state index < -0.39 is 0 Å². The van der Waals surface area contributed by atoms with Crippen LogP contribution in [0.25, 0.3) is 16.7 Å². The summed E-state index contributed by atoms with van der Waals surface area (Å²) in [4.78, 5) is 25.9. The average Bonchev–Trinajstić information content (AvgIpc) is 3.10. The predicted molar refractivity (Wildman–Crippen MR) is 128 cm³/mol. The molecular weight excluding hydrogens is 414 g/mol. The molecule has 0 spiro atoms. The summed E-state index contributed by atoms with van der Waals surface area (Å²) in [5.74, 6) is 1.25. The van der Waals surface area contributed by atoms with Crippen molar-refractivity contribution < 1.29 is 4.79 Å². The molecule has 0 aliphatic heterocycles. The standard InChI is InChI=1S/C26H29N5O2/c32-24(27-20-12-6-1-2-7-13-20)17-16-23-28-29-26-30(18-19-10-4-3-5-11-19)25(33)21-14-8-9-15-22(21)31(23)26/h3-5,8-11,14-15,20H,1-2,6-7,12-13,16-18H2,(H,27,32). The molecule has 1 aliphatic carbocycles. The van der Waals surface area contributed by atoms with Gasteiger partial charge in [-0.15, -0.1) is 10.2 Å². The van der Waals surface area contributed by atoms with Gasteiger partial charge in [0, 0.05) is 18.9 Å². The van der Waals surface area contributed by atoms with Gasteiger partial charge in [0.15, 0.2) is 0 Å². The van der Waals surface area contributed by atoms with Gasteiger partial charge in [-0.05, 0) is 30.5 Å². The predicted octanol–water partition coefficient (Wildman–Crippen LogP) is 3.86. The van der Waals surface area contributed by atoms with Crippen molar-refractivity contribution >= 4 is 22.6 Å². The van der Waals surface area contributed by atoms with E-state index in [1.165, 1.54) is 25.7 Å². The molecule has 2 aromatic heterocycles. The molecule has 1 N–H and O–H groups in total. The number of amides is 1. The molecule has 1 saturated carbocycles. The van der Waals surface area contributed by atoms with E-state index in [-0.39, 0.29) is 17.5 Å². The summed E-state index contributed by atoms with van der Waals surface area (Å²) in [5, 5.41) is 12.6. The maximum absolute atomic E-state index is 13.3. The highest BCUT2D eigenvalue weighted by Crippen LogP contribution is 2.19. The fourth-order valence-electron chi connectivity index (χ4n) is 4.83. The second-order valence-electron chi connectivity index (χ2n) is 8.90. The van der Waals surface area contributed by atoms with Crippen LogP contribution >= 0.6 is 0 Å². The molecule has 2 heterocycles. The molecule has 170 valence electrons. The summed E-state index contributed by atoms with van der Waals surface area (Å²) in [6.45, 7) is 0.411. The molecule has 0 radical (unpaired) electrons. The van der Waals surface area contributed by atoms with Gasteiger partial charge in [0.25, 0.3) is 5.56 Å². The fraction of sp³-hybridized carbons (Fsp3) is 0.385. The summed E-state index contributed by atoms with van der Waals surface area (Å²) in [6.07, 6.45) is 7.84. The van der Waals surface area contributed by atoms with Crippen molar-refractivity contribution in [2.75, 3.05) is 0 Å². The molecule has 1 amide bonds. The SMILES string of the molecule is O=C(CCc1nnc2n(Cc3ccccc3)c(=O)c3ccccc3n12)NC1CCCCCC1. The number of hydrogen-bond donors (Lipinski definition) is 1. The van der Waals surface area contributed by atoms with Gasteiger partial charge in [-0.1, -0.05) is 68.1 Å². The third-order valence-corrected chi connectivity index (χ3v) is 6.55. The number of nitrogens with zero attached hydrogens (tertiary/aromatic N) is 4. The second kappa shape index (κ2) is 9.57. The van der Waals surface area contributed by atoms with Crippen LogP contribution < -0.4 is 10.9 Å². The Labute approximate surface area is 192 Å². The number of aryl methyl sites for hydroxylation is 1. The van der Waals surface area contributed by atoms with Crippen LogP contribution in [0.4, 0.5) is 0 Å². The van der Waals surface area contributed by atoms with E-state index in [2.05, 4.69) is 15.5 Å². The van der Waals surface area contributed by atoms with E-state index in [0.717, 1.165) is 23.9 Å². The van der Waals surface area contributed by atoms with Crippen LogP contribution in [0.2, 0.25) is 0 Å². The lowest BCUT2D eigenvalue weighted by molar-refractivity contribution is -0.121. The summed E-state index contributed by atoms with van der Waals surface area (Å²) < 4.78 is 3.60. The zero-order valence-corrected chi connectivity index (χ0v) is 18.7. The number of rotatable bonds is 6. The minimum Gasteiger partial charge on any atom is -0.353 e. The summed E-state index contributed by atoms with van der Waals surface area (Å²) in [6, 6.07) is 17.7. The van der Waals surface area contributed by atoms with Gasteiger partial charge in [0.05, 0.1) is 17.4 Å². The van der Waals surface area contributed by atoms with Gasteiger partial charge in [-0.3, -0.25) is 18.6 Å². The summed E-state index contributed by atoms with van der Waals surface area (Å²) in [7, 11) is 0. The van der Waals surface area contributed by atoms with Crippen molar-refractivity contribution in [3.8, 4) is 0 Å². The molecule has 0 unspecified atom stereocenters. The van der Waals surface area contributed by atoms with Crippen molar-refractivity contribution in [2.45, 2.75) is 64.0 Å². The Kier molecular flexibility index (Phi) is 6.19. The number of fused-ring (bicyclic) bond motifs is 3. The molecule has 33 heavy (non-hydrogen) atoms. The van der Waals surface area contributed by atoms with Gasteiger partial charge in [0.1, 0.15) is 5.82 Å². The number of carbonyl (C=O) groups excluding carboxylic acids is 1. The highest BCUT2D eigenvalue weighted by molar-refractivity contribution is 5.80. The number of nitrogens with one attached hydrogen (secondary N) is 1. The Morgan fingerprint density at radius 3 is 2.45 bits per heavy atom. The van der Waals surface area contributed by atoms with Crippen LogP contribution in [0.15, 0.2) is 59.4 Å². The van der Waals surface area contributed by atoms with E-state index in [9.17, 15) is 9.59 Å². The smallest absolute Gasteiger partial charge is 0.263 e. The quantitative estimate of drug-likeness (QED) is 0.459. The molecule has 1 fully saturated rings. The molecule has 0 saturated heterocycles. The van der Waals surface area contributed by atoms with Crippen molar-refractivity contribution in [3.63, 3.8) is 0 Å². The zero-order chi connectivity index (χ0) is 22.6. The highest BCUT2D eigenvalue weighted by atomic mass is 16.1. The number of hydrogen-bond acceptors (Lipinski definition) is 4. The first-order valence-electron chi connectivity index (χ1n) is 11.9. The molecule has 7 nitrogen and oxygen atoms in total. The third kappa shape index (κ3) is 4.53. The summed E-state index contributed by atoms with van der Waals surface area (Å²) >= 11 is 0. The highest BCUT2D eigenvalue weighted by Gasteiger charge is 2.19. The third-order valence-electron chi connectivity index (χ3n) is 6.55. The van der Waals surface area contributed by atoms with Crippen molar-refractivity contribution in [1.82, 2.24) is 24.5 Å². The Bertz CT molecular complexity index is 1320. The van der Waals surface area contributed by atoms with Crippen LogP contribution in [0, 0.1) is 0 Å². The van der Waals surface area contributed by atoms with Crippen LogP contribution in [-0.2, 0) is 17.8 Å². The van der Waals surface area contributed by atoms with Crippen LogP contribution in [-0.4, -0.2) is 31.1 Å². The Balaban J connectivity index is 1.45. The fourth-order valence-corrected chi connectivity index (χ4v) is 4.83. The largest absolute Gasteiger partial charge is 0.353 e. The lowest BCUT2D eigenvalue weighted by Crippen LogP contribution is -2.34. The van der Waals surface area contributed by atoms with Gasteiger partial charge < -0.3 is 5.32 Å². The minimum atomic E-state index is -0.0907. The van der Waals surface area contributed by atoms with Crippen molar-refractivity contribution in [2.24, 2.45) is 0 Å². The van der Waals surface area contributed by atoms with E-state index in [4.69, 9.17) is 0 Å². The second-order valence-corrected chi connectivity index (χ2v) is 8.90. The van der Waals surface area contributed by atoms with Gasteiger partial charge in [0.2, 0.25) is 11.7 Å². The molecule has 7 heteroatoms. The van der Waals surface area contributed by atoms with E-state index in [1.54, 1.807) is 4.57 Å². The Hall–Kier alpha value is -3.48. The summed E-state index contributed by atoms with van der Waals surface area (Å²) in [5.41, 5.74) is 1.70. The number of aromatic nitrogens is 4. The topological polar surface area (TPSA) is 81.3 Å². The molecule has 1 aliphatic rings. The van der Waals surface area contributed by atoms with Crippen molar-refractivity contribution in [3.05, 3.63) is 76.3 Å². The van der Waals surface area contributed by atoms with E-state index in [0.29, 0.717) is 36.4 Å². The lowest BCUT2D eigenvalue weighted by atomic mass is 10.1. The molecule has 0 atom stereocenters. The molecule has 2 aromatic carbocycles. The average molecular weight is 444 g/mol. The number of para-hydroxylation sites is 1. The molecule has 5 rings (SSSR count). The number of carbonyl (C=O) groups is 1. The molecular formula is C26H29N5O2. The maximum atomic E-state index is 13.3. The first-order valence-corrected chi connectivity index (χ1v) is 11.9. The Morgan fingerprint density at radius 1 is 0.939 bits per heavy atom. The maximum Gasteiger partial charge on any atom is 0.263 e. The zero-order valence-electron chi connectivity index (χ0n) is 18.7. The van der Waals surface area contributed by atoms with Gasteiger partial charge in [-0.2, -0.15) is 0 Å². The molecule has 0 bridgehead atoms. The first-order chi connectivity index (χ1) is 16.2.